The summed E-state index contributed by atoms with van der Waals surface area (Å²) in [5, 5.41) is 13.9. The van der Waals surface area contributed by atoms with Gasteiger partial charge in [0.2, 0.25) is 5.91 Å². The third-order valence-electron chi connectivity index (χ3n) is 15.8. The van der Waals surface area contributed by atoms with Crippen LogP contribution in [0.15, 0.2) is 85.1 Å². The minimum absolute atomic E-state index is 0.00658. The van der Waals surface area contributed by atoms with Gasteiger partial charge in [0, 0.05) is 6.42 Å². The number of phosphoric ester groups is 1. The van der Waals surface area contributed by atoms with Crippen molar-refractivity contribution in [2.24, 2.45) is 0 Å². The number of likely N-dealkylation sites (N-methyl/N-ethyl adjacent to an activating group) is 1. The monoisotopic (exact) mass is 1180 g/mol. The van der Waals surface area contributed by atoms with Crippen molar-refractivity contribution in [2.45, 2.75) is 341 Å². The molecular weight excluding hydrogens is 1040 g/mol. The van der Waals surface area contributed by atoms with Gasteiger partial charge < -0.3 is 28.8 Å². The van der Waals surface area contributed by atoms with E-state index in [-0.39, 0.29) is 12.5 Å². The largest absolute Gasteiger partial charge is 0.756 e. The van der Waals surface area contributed by atoms with E-state index in [1.807, 2.05) is 27.2 Å². The number of nitrogens with zero attached hydrogens (tertiary/aromatic N) is 1. The number of amides is 1. The van der Waals surface area contributed by atoms with Crippen LogP contribution in [0, 0.1) is 0 Å². The Morgan fingerprint density at radius 1 is 0.434 bits per heavy atom. The molecule has 0 radical (unpaired) electrons. The highest BCUT2D eigenvalue weighted by Gasteiger charge is 2.23. The molecule has 0 bridgehead atoms. The first-order chi connectivity index (χ1) is 40.5. The molecule has 8 nitrogen and oxygen atoms in total. The molecule has 3 atom stereocenters. The van der Waals surface area contributed by atoms with Crippen molar-refractivity contribution in [3.63, 3.8) is 0 Å². The molecule has 0 aromatic heterocycles. The number of aliphatic hydroxyl groups excluding tert-OH is 1. The van der Waals surface area contributed by atoms with Crippen LogP contribution in [0.3, 0.4) is 0 Å². The van der Waals surface area contributed by atoms with Gasteiger partial charge in [-0.3, -0.25) is 9.36 Å². The quantitative estimate of drug-likeness (QED) is 0.0272. The zero-order chi connectivity index (χ0) is 60.5. The summed E-state index contributed by atoms with van der Waals surface area (Å²) < 4.78 is 23.4. The second-order valence-electron chi connectivity index (χ2n) is 25.2. The molecule has 0 saturated carbocycles. The van der Waals surface area contributed by atoms with Crippen molar-refractivity contribution in [3.8, 4) is 0 Å². The normalized spacial score (nSPS) is 14.2. The molecule has 2 N–H and O–H groups in total. The summed E-state index contributed by atoms with van der Waals surface area (Å²) in [5.74, 6) is -0.203. The van der Waals surface area contributed by atoms with Gasteiger partial charge in [-0.25, -0.2) is 0 Å². The number of rotatable bonds is 65. The fourth-order valence-corrected chi connectivity index (χ4v) is 11.1. The van der Waals surface area contributed by atoms with Gasteiger partial charge in [-0.1, -0.05) is 330 Å². The molecule has 0 saturated heterocycles. The molecule has 0 spiro atoms. The first-order valence-corrected chi connectivity index (χ1v) is 36.9. The fourth-order valence-electron chi connectivity index (χ4n) is 10.4. The average molecular weight is 1180 g/mol. The lowest BCUT2D eigenvalue weighted by Gasteiger charge is -2.29. The van der Waals surface area contributed by atoms with Gasteiger partial charge in [0.25, 0.3) is 7.82 Å². The smallest absolute Gasteiger partial charge is 0.268 e. The molecule has 3 unspecified atom stereocenters. The van der Waals surface area contributed by atoms with Crippen LogP contribution in [-0.4, -0.2) is 68.5 Å². The van der Waals surface area contributed by atoms with Crippen molar-refractivity contribution in [2.75, 3.05) is 40.9 Å². The van der Waals surface area contributed by atoms with Crippen molar-refractivity contribution in [1.29, 1.82) is 0 Å². The van der Waals surface area contributed by atoms with Gasteiger partial charge in [-0.05, 0) is 77.0 Å². The molecule has 0 heterocycles. The van der Waals surface area contributed by atoms with Crippen LogP contribution in [0.2, 0.25) is 0 Å². The van der Waals surface area contributed by atoms with Gasteiger partial charge >= 0.3 is 0 Å². The molecule has 0 aromatic rings. The van der Waals surface area contributed by atoms with Crippen LogP contribution in [0.4, 0.5) is 0 Å². The van der Waals surface area contributed by atoms with Gasteiger partial charge in [-0.15, -0.1) is 0 Å². The maximum absolute atomic E-state index is 13.0. The lowest BCUT2D eigenvalue weighted by molar-refractivity contribution is -0.870. The number of unbranched alkanes of at least 4 members (excludes halogenated alkanes) is 40. The van der Waals surface area contributed by atoms with E-state index in [4.69, 9.17) is 9.05 Å². The summed E-state index contributed by atoms with van der Waals surface area (Å²) in [6.45, 7) is 4.55. The molecule has 9 heteroatoms. The van der Waals surface area contributed by atoms with E-state index in [0.29, 0.717) is 17.4 Å². The highest BCUT2D eigenvalue weighted by Crippen LogP contribution is 2.38. The van der Waals surface area contributed by atoms with Crippen LogP contribution >= 0.6 is 7.82 Å². The first kappa shape index (κ1) is 80.7. The predicted molar refractivity (Wildman–Crippen MR) is 362 cm³/mol. The summed E-state index contributed by atoms with van der Waals surface area (Å²) in [5.41, 5.74) is 0. The number of aliphatic hydroxyl groups is 1. The Bertz CT molecular complexity index is 1630. The maximum atomic E-state index is 13.0. The number of carbonyl (C=O) groups is 1. The second-order valence-corrected chi connectivity index (χ2v) is 26.6. The van der Waals surface area contributed by atoms with Gasteiger partial charge in [-0.2, -0.15) is 0 Å². The topological polar surface area (TPSA) is 108 Å². The van der Waals surface area contributed by atoms with Crippen molar-refractivity contribution < 1.29 is 32.9 Å². The van der Waals surface area contributed by atoms with Crippen LogP contribution in [0.5, 0.6) is 0 Å². The van der Waals surface area contributed by atoms with E-state index in [1.54, 1.807) is 6.08 Å². The fraction of sp³-hybridized carbons (Fsp3) is 0.797. The number of allylic oxidation sites excluding steroid dienone is 13. The van der Waals surface area contributed by atoms with E-state index in [1.165, 1.54) is 238 Å². The Morgan fingerprint density at radius 2 is 0.747 bits per heavy atom. The van der Waals surface area contributed by atoms with E-state index < -0.39 is 26.6 Å². The minimum Gasteiger partial charge on any atom is -0.756 e. The number of carbonyl (C=O) groups excluding carboxylic acids is 1. The summed E-state index contributed by atoms with van der Waals surface area (Å²) >= 11 is 0. The lowest BCUT2D eigenvalue weighted by atomic mass is 10.0. The number of phosphoric acid groups is 1. The Kier molecular flexibility index (Phi) is 62.4. The number of quaternary nitrogens is 1. The number of nitrogens with one attached hydrogen (secondary N) is 1. The molecule has 1 amide bonds. The van der Waals surface area contributed by atoms with Crippen LogP contribution < -0.4 is 10.2 Å². The molecule has 0 rings (SSSR count). The van der Waals surface area contributed by atoms with E-state index in [0.717, 1.165) is 70.6 Å². The minimum atomic E-state index is -4.61. The summed E-state index contributed by atoms with van der Waals surface area (Å²) in [4.78, 5) is 25.6. The highest BCUT2D eigenvalue weighted by atomic mass is 31.2. The van der Waals surface area contributed by atoms with E-state index >= 15 is 0 Å². The van der Waals surface area contributed by atoms with Crippen LogP contribution in [0.1, 0.15) is 328 Å². The van der Waals surface area contributed by atoms with Gasteiger partial charge in [0.15, 0.2) is 0 Å². The molecule has 83 heavy (non-hydrogen) atoms. The number of hydrogen-bond donors (Lipinski definition) is 2. The van der Waals surface area contributed by atoms with E-state index in [9.17, 15) is 19.4 Å². The van der Waals surface area contributed by atoms with Crippen molar-refractivity contribution in [3.05, 3.63) is 85.1 Å². The van der Waals surface area contributed by atoms with Crippen LogP contribution in [0.25, 0.3) is 0 Å². The summed E-state index contributed by atoms with van der Waals surface area (Å²) in [7, 11) is 1.25. The van der Waals surface area contributed by atoms with Crippen molar-refractivity contribution >= 4 is 13.7 Å². The zero-order valence-corrected chi connectivity index (χ0v) is 56.3. The van der Waals surface area contributed by atoms with Gasteiger partial charge in [0.1, 0.15) is 13.2 Å². The Labute approximate surface area is 516 Å². The Morgan fingerprint density at radius 3 is 1.12 bits per heavy atom. The predicted octanol–water partition coefficient (Wildman–Crippen LogP) is 22.1. The molecule has 0 aliphatic rings. The summed E-state index contributed by atoms with van der Waals surface area (Å²) in [6, 6.07) is -0.906. The maximum Gasteiger partial charge on any atom is 0.268 e. The van der Waals surface area contributed by atoms with E-state index in [2.05, 4.69) is 92.1 Å². The standard InChI is InChI=1S/C74H137N2O6P/c1-6-8-10-12-14-16-18-20-22-24-26-28-30-31-32-33-34-35-36-37-38-39-40-41-42-43-44-45-46-48-50-52-54-56-58-60-62-64-66-68-74(78)75-72(71-82-83(79,80)81-70-69-76(3,4)5)73(77)67-65-63-61-59-57-55-53-51-49-47-29-27-25-23-21-19-17-15-13-11-9-7-2/h8,10,14,16,20,22,26,28,31-32,57,59,65,67,72-73,77H,6-7,9,11-13,15,17-19,21,23-25,27,29-30,33-56,58,60-64,66,68-71H2,1-5H3,(H-,75,78,79,80)/b10-8-,16-14-,22-20-,28-26-,32-31-,59-57+,67-65+. The van der Waals surface area contributed by atoms with Crippen LogP contribution in [-0.2, 0) is 18.4 Å². The highest BCUT2D eigenvalue weighted by molar-refractivity contribution is 7.45. The van der Waals surface area contributed by atoms with Gasteiger partial charge in [0.05, 0.1) is 39.9 Å². The molecular formula is C74H137N2O6P. The SMILES string of the molecule is CC/C=C\C/C=C\C/C=C\C/C=C\C/C=C\CCCCCCCCCCCCCCCCCCCCCCCCCC(=O)NC(COP(=O)([O-])OCC[N+](C)(C)C)C(O)/C=C/CC/C=C/CCCCCCCCCCCCCCCCCC. The molecule has 0 aliphatic heterocycles. The Balaban J connectivity index is 4.00. The Hall–Kier alpha value is -2.32. The zero-order valence-electron chi connectivity index (χ0n) is 55.4. The third-order valence-corrected chi connectivity index (χ3v) is 16.8. The van der Waals surface area contributed by atoms with Crippen molar-refractivity contribution in [1.82, 2.24) is 5.32 Å². The first-order valence-electron chi connectivity index (χ1n) is 35.4. The average Bonchev–Trinajstić information content (AvgIpc) is 3.50. The second kappa shape index (κ2) is 64.2. The molecule has 0 aliphatic carbocycles. The molecule has 0 aromatic carbocycles. The lowest BCUT2D eigenvalue weighted by Crippen LogP contribution is -2.45. The third kappa shape index (κ3) is 67.1. The molecule has 484 valence electrons. The number of hydrogen-bond acceptors (Lipinski definition) is 6. The molecule has 0 fully saturated rings. The summed E-state index contributed by atoms with van der Waals surface area (Å²) in [6.07, 6.45) is 91.5.